The molecular formula is C30H29F2N3O3. The monoisotopic (exact) mass is 517 g/mol. The highest BCUT2D eigenvalue weighted by Crippen LogP contribution is 2.27. The second kappa shape index (κ2) is 12.6. The van der Waals surface area contributed by atoms with Crippen molar-refractivity contribution in [2.45, 2.75) is 25.8 Å². The molecule has 0 aliphatic rings. The van der Waals surface area contributed by atoms with Crippen molar-refractivity contribution >= 4 is 30.1 Å². The summed E-state index contributed by atoms with van der Waals surface area (Å²) in [5.41, 5.74) is 0.0207. The molecule has 196 valence electrons. The number of hydrogen-bond donors (Lipinski definition) is 0. The van der Waals surface area contributed by atoms with Gasteiger partial charge in [-0.1, -0.05) is 48.2 Å². The minimum absolute atomic E-state index is 0.138. The van der Waals surface area contributed by atoms with E-state index in [4.69, 9.17) is 0 Å². The Hall–Kier alpha value is -4.51. The zero-order chi connectivity index (χ0) is 27.7. The molecule has 3 aromatic rings. The summed E-state index contributed by atoms with van der Waals surface area (Å²) in [7, 11) is 1.28. The van der Waals surface area contributed by atoms with Crippen LogP contribution in [0.4, 0.5) is 20.2 Å². The van der Waals surface area contributed by atoms with Crippen LogP contribution in [0.3, 0.4) is 0 Å². The third-order valence-corrected chi connectivity index (χ3v) is 6.14. The molecule has 0 saturated carbocycles. The fourth-order valence-electron chi connectivity index (χ4n) is 3.91. The summed E-state index contributed by atoms with van der Waals surface area (Å²) in [5, 5.41) is 0. The van der Waals surface area contributed by atoms with Crippen LogP contribution in [0.2, 0.25) is 0 Å². The van der Waals surface area contributed by atoms with Crippen LogP contribution in [0.1, 0.15) is 31.4 Å². The molecule has 3 amide bonds. The first-order chi connectivity index (χ1) is 18.2. The Labute approximate surface area is 221 Å². The average Bonchev–Trinajstić information content (AvgIpc) is 2.90. The lowest BCUT2D eigenvalue weighted by molar-refractivity contribution is -0.127. The van der Waals surface area contributed by atoms with Gasteiger partial charge >= 0.3 is 0 Å². The summed E-state index contributed by atoms with van der Waals surface area (Å²) < 4.78 is 29.8. The summed E-state index contributed by atoms with van der Waals surface area (Å²) in [6.45, 7) is 3.71. The van der Waals surface area contributed by atoms with Crippen molar-refractivity contribution in [3.8, 4) is 11.8 Å². The third kappa shape index (κ3) is 7.04. The number of nitrogens with zero attached hydrogens (tertiary/aromatic N) is 3. The van der Waals surface area contributed by atoms with E-state index in [2.05, 4.69) is 11.8 Å². The van der Waals surface area contributed by atoms with Crippen LogP contribution >= 0.6 is 0 Å². The van der Waals surface area contributed by atoms with E-state index in [9.17, 15) is 23.2 Å². The quantitative estimate of drug-likeness (QED) is 0.291. The molecule has 38 heavy (non-hydrogen) atoms. The molecule has 0 aromatic heterocycles. The molecule has 3 rings (SSSR count). The molecule has 3 aromatic carbocycles. The number of para-hydroxylation sites is 1. The lowest BCUT2D eigenvalue weighted by atomic mass is 9.97. The fraction of sp³-hybridized carbons (Fsp3) is 0.233. The summed E-state index contributed by atoms with van der Waals surface area (Å²) in [4.78, 5) is 40.2. The van der Waals surface area contributed by atoms with E-state index in [0.29, 0.717) is 24.1 Å². The van der Waals surface area contributed by atoms with Crippen LogP contribution in [-0.4, -0.2) is 49.3 Å². The highest BCUT2D eigenvalue weighted by molar-refractivity contribution is 5.94. The molecule has 0 bridgehead atoms. The number of carbonyl (C=O) groups is 3. The Morgan fingerprint density at radius 3 is 1.95 bits per heavy atom. The Bertz CT molecular complexity index is 1310. The van der Waals surface area contributed by atoms with Crippen molar-refractivity contribution in [1.82, 2.24) is 4.90 Å². The number of benzene rings is 3. The normalized spacial score (nSPS) is 10.7. The van der Waals surface area contributed by atoms with Crippen LogP contribution in [0, 0.1) is 23.5 Å². The van der Waals surface area contributed by atoms with Crippen molar-refractivity contribution in [3.05, 3.63) is 95.6 Å². The predicted octanol–water partition coefficient (Wildman–Crippen LogP) is 4.62. The smallest absolute Gasteiger partial charge is 0.229 e. The van der Waals surface area contributed by atoms with Gasteiger partial charge in [0, 0.05) is 48.9 Å². The molecule has 0 aliphatic heterocycles. The van der Waals surface area contributed by atoms with Crippen LogP contribution in [0.5, 0.6) is 0 Å². The summed E-state index contributed by atoms with van der Waals surface area (Å²) in [5.74, 6) is 3.14. The maximum Gasteiger partial charge on any atom is 0.229 e. The molecule has 0 N–H and O–H groups in total. The molecule has 0 spiro atoms. The van der Waals surface area contributed by atoms with Gasteiger partial charge < -0.3 is 14.7 Å². The second-order valence-corrected chi connectivity index (χ2v) is 9.28. The van der Waals surface area contributed by atoms with E-state index in [0.717, 1.165) is 17.0 Å². The molecule has 0 radical (unpaired) electrons. The fourth-order valence-corrected chi connectivity index (χ4v) is 3.91. The van der Waals surface area contributed by atoms with Gasteiger partial charge in [-0.25, -0.2) is 8.78 Å². The molecule has 0 aliphatic carbocycles. The number of rotatable bonds is 10. The van der Waals surface area contributed by atoms with Crippen molar-refractivity contribution in [2.24, 2.45) is 0 Å². The van der Waals surface area contributed by atoms with E-state index in [-0.39, 0.29) is 25.1 Å². The highest BCUT2D eigenvalue weighted by atomic mass is 19.1. The van der Waals surface area contributed by atoms with Crippen molar-refractivity contribution in [1.29, 1.82) is 0 Å². The van der Waals surface area contributed by atoms with Gasteiger partial charge in [-0.2, -0.15) is 0 Å². The largest absolute Gasteiger partial charge is 0.338 e. The topological polar surface area (TPSA) is 60.9 Å². The average molecular weight is 518 g/mol. The Kier molecular flexibility index (Phi) is 9.33. The number of carbonyl (C=O) groups excluding carboxylic acids is 3. The van der Waals surface area contributed by atoms with Gasteiger partial charge in [0.15, 0.2) is 11.6 Å². The van der Waals surface area contributed by atoms with Crippen LogP contribution in [0.15, 0.2) is 72.8 Å². The minimum atomic E-state index is -0.994. The van der Waals surface area contributed by atoms with Crippen LogP contribution < -0.4 is 9.80 Å². The van der Waals surface area contributed by atoms with E-state index >= 15 is 0 Å². The molecular weight excluding hydrogens is 488 g/mol. The molecule has 0 saturated heterocycles. The zero-order valence-electron chi connectivity index (χ0n) is 21.5. The summed E-state index contributed by atoms with van der Waals surface area (Å²) in [6, 6.07) is 20.1. The van der Waals surface area contributed by atoms with Gasteiger partial charge in [-0.3, -0.25) is 14.4 Å². The lowest BCUT2D eigenvalue weighted by Crippen LogP contribution is -2.49. The number of anilines is 2. The van der Waals surface area contributed by atoms with E-state index in [1.165, 1.54) is 16.8 Å². The van der Waals surface area contributed by atoms with Gasteiger partial charge in [-0.05, 0) is 50.2 Å². The van der Waals surface area contributed by atoms with Gasteiger partial charge in [0.25, 0.3) is 0 Å². The van der Waals surface area contributed by atoms with Crippen LogP contribution in [0.25, 0.3) is 0 Å². The SMILES string of the molecule is CN(C(=O)CC(C)(C)N(C=O)CCN(C=O)c1ccccc1)c1c(F)cc(C#Cc2ccccc2)cc1F. The molecule has 8 heteroatoms. The number of hydrogen-bond acceptors (Lipinski definition) is 3. The zero-order valence-corrected chi connectivity index (χ0v) is 21.5. The highest BCUT2D eigenvalue weighted by Gasteiger charge is 2.32. The van der Waals surface area contributed by atoms with Crippen molar-refractivity contribution in [2.75, 3.05) is 29.9 Å². The third-order valence-electron chi connectivity index (χ3n) is 6.14. The van der Waals surface area contributed by atoms with E-state index in [1.807, 2.05) is 24.3 Å². The first-order valence-electron chi connectivity index (χ1n) is 12.0. The lowest BCUT2D eigenvalue weighted by Gasteiger charge is -2.37. The second-order valence-electron chi connectivity index (χ2n) is 9.28. The first kappa shape index (κ1) is 28.1. The number of amides is 3. The van der Waals surface area contributed by atoms with Gasteiger partial charge in [0.2, 0.25) is 18.7 Å². The summed E-state index contributed by atoms with van der Waals surface area (Å²) >= 11 is 0. The van der Waals surface area contributed by atoms with Gasteiger partial charge in [0.1, 0.15) is 5.69 Å². The van der Waals surface area contributed by atoms with Gasteiger partial charge in [0.05, 0.1) is 0 Å². The maximum absolute atomic E-state index is 14.9. The molecule has 0 fully saturated rings. The predicted molar refractivity (Wildman–Crippen MR) is 144 cm³/mol. The van der Waals surface area contributed by atoms with Crippen LogP contribution in [-0.2, 0) is 14.4 Å². The van der Waals surface area contributed by atoms with E-state index in [1.54, 1.807) is 50.2 Å². The number of halogens is 2. The standard InChI is InChI=1S/C30H29F2N3O3/c1-30(2,35(22-37)17-16-34(21-36)25-12-8-5-9-13-25)20-28(38)33(3)29-26(31)18-24(19-27(29)32)15-14-23-10-6-4-7-11-23/h4-13,18-19,21-22H,16-17,20H2,1-3H3. The molecule has 0 atom stereocenters. The van der Waals surface area contributed by atoms with Gasteiger partial charge in [-0.15, -0.1) is 0 Å². The molecule has 6 nitrogen and oxygen atoms in total. The van der Waals surface area contributed by atoms with Crippen molar-refractivity contribution in [3.63, 3.8) is 0 Å². The van der Waals surface area contributed by atoms with Crippen molar-refractivity contribution < 1.29 is 23.2 Å². The van der Waals surface area contributed by atoms with E-state index < -0.39 is 28.8 Å². The Morgan fingerprint density at radius 2 is 1.39 bits per heavy atom. The summed E-state index contributed by atoms with van der Waals surface area (Å²) in [6.07, 6.45) is 1.06. The molecule has 0 unspecified atom stereocenters. The minimum Gasteiger partial charge on any atom is -0.338 e. The molecule has 0 heterocycles. The Balaban J connectivity index is 1.70. The Morgan fingerprint density at radius 1 is 0.842 bits per heavy atom. The maximum atomic E-state index is 14.9. The first-order valence-corrected chi connectivity index (χ1v) is 12.0.